The number of hydrogen-bond donors (Lipinski definition) is 1. The molecule has 2 rings (SSSR count). The van der Waals surface area contributed by atoms with E-state index in [0.29, 0.717) is 0 Å². The molecule has 2 nitrogen and oxygen atoms in total. The van der Waals surface area contributed by atoms with Crippen molar-refractivity contribution in [2.45, 2.75) is 18.7 Å². The highest BCUT2D eigenvalue weighted by molar-refractivity contribution is 9.10. The van der Waals surface area contributed by atoms with Gasteiger partial charge in [0.1, 0.15) is 0 Å². The first kappa shape index (κ1) is 14.8. The van der Waals surface area contributed by atoms with E-state index < -0.39 is 0 Å². The Balaban J connectivity index is 2.28. The van der Waals surface area contributed by atoms with E-state index in [2.05, 4.69) is 21.2 Å². The third-order valence-corrected chi connectivity index (χ3v) is 4.58. The molecule has 0 saturated heterocycles. The molecule has 0 aromatic heterocycles. The van der Waals surface area contributed by atoms with Gasteiger partial charge in [-0.3, -0.25) is 4.79 Å². The number of amides is 1. The van der Waals surface area contributed by atoms with Crippen LogP contribution < -0.4 is 5.32 Å². The number of anilines is 1. The van der Waals surface area contributed by atoms with Gasteiger partial charge in [0.05, 0.1) is 4.83 Å². The Morgan fingerprint density at radius 2 is 1.60 bits per heavy atom. The lowest BCUT2D eigenvalue weighted by molar-refractivity contribution is -0.116. The maximum Gasteiger partial charge on any atom is 0.238 e. The largest absolute Gasteiger partial charge is 0.325 e. The number of benzene rings is 2. The second-order valence-electron chi connectivity index (χ2n) is 5.05. The van der Waals surface area contributed by atoms with Gasteiger partial charge in [-0.25, -0.2) is 0 Å². The molecule has 0 heterocycles. The lowest BCUT2D eigenvalue weighted by atomic mass is 10.0. The number of para-hydroxylation sites is 1. The molecule has 104 valence electrons. The fourth-order valence-electron chi connectivity index (χ4n) is 1.97. The van der Waals surface area contributed by atoms with Crippen molar-refractivity contribution < 1.29 is 4.79 Å². The molecule has 1 N–H and O–H groups in total. The number of halogens is 1. The van der Waals surface area contributed by atoms with Crippen molar-refractivity contribution in [1.29, 1.82) is 0 Å². The molecule has 0 aliphatic rings. The van der Waals surface area contributed by atoms with Crippen molar-refractivity contribution in [2.75, 3.05) is 5.32 Å². The van der Waals surface area contributed by atoms with Crippen LogP contribution in [0.15, 0.2) is 54.6 Å². The predicted molar refractivity (Wildman–Crippen MR) is 88.1 cm³/mol. The molecule has 2 aromatic rings. The highest BCUT2D eigenvalue weighted by atomic mass is 79.9. The Kier molecular flexibility index (Phi) is 4.96. The van der Waals surface area contributed by atoms with Crippen LogP contribution in [0.5, 0.6) is 0 Å². The molecule has 0 spiro atoms. The van der Waals surface area contributed by atoms with Gasteiger partial charge in [0.25, 0.3) is 0 Å². The predicted octanol–water partition coefficient (Wildman–Crippen LogP) is 4.71. The monoisotopic (exact) mass is 331 g/mol. The first-order valence-electron chi connectivity index (χ1n) is 6.69. The van der Waals surface area contributed by atoms with E-state index >= 15 is 0 Å². The number of carbonyl (C=O) groups excluding carboxylic acids is 1. The molecule has 0 bridgehead atoms. The van der Waals surface area contributed by atoms with Crippen LogP contribution in [0.2, 0.25) is 0 Å². The summed E-state index contributed by atoms with van der Waals surface area (Å²) in [5, 5.41) is 3.00. The molecule has 0 aliphatic carbocycles. The van der Waals surface area contributed by atoms with Crippen LogP contribution in [-0.2, 0) is 4.79 Å². The molecule has 1 atom stereocenters. The van der Waals surface area contributed by atoms with E-state index in [1.165, 1.54) is 0 Å². The average Bonchev–Trinajstić information content (AvgIpc) is 2.47. The third kappa shape index (κ3) is 3.48. The molecule has 0 fully saturated rings. The zero-order chi connectivity index (χ0) is 14.5. The van der Waals surface area contributed by atoms with Crippen LogP contribution in [0.1, 0.15) is 13.8 Å². The minimum absolute atomic E-state index is 0.0108. The SMILES string of the molecule is CC(C)C(Br)C(=O)Nc1ccccc1-c1ccccc1. The standard InChI is InChI=1S/C17H18BrNO/c1-12(2)16(18)17(20)19-15-11-7-6-10-14(15)13-8-4-3-5-9-13/h3-12,16H,1-2H3,(H,19,20). The van der Waals surface area contributed by atoms with Gasteiger partial charge in [0, 0.05) is 11.3 Å². The summed E-state index contributed by atoms with van der Waals surface area (Å²) in [5.74, 6) is 0.238. The van der Waals surface area contributed by atoms with Crippen LogP contribution in [0.25, 0.3) is 11.1 Å². The second-order valence-corrected chi connectivity index (χ2v) is 6.03. The van der Waals surface area contributed by atoms with E-state index in [1.807, 2.05) is 68.4 Å². The summed E-state index contributed by atoms with van der Waals surface area (Å²) in [4.78, 5) is 12.0. The summed E-state index contributed by atoms with van der Waals surface area (Å²) in [6.45, 7) is 4.03. The molecule has 1 unspecified atom stereocenters. The summed E-state index contributed by atoms with van der Waals surface area (Å²) in [5.41, 5.74) is 2.97. The quantitative estimate of drug-likeness (QED) is 0.807. The molecule has 0 aliphatic heterocycles. The summed E-state index contributed by atoms with van der Waals surface area (Å²) in [6, 6.07) is 17.9. The maximum absolute atomic E-state index is 12.2. The van der Waals surface area contributed by atoms with Gasteiger partial charge in [-0.2, -0.15) is 0 Å². The van der Waals surface area contributed by atoms with Crippen molar-refractivity contribution >= 4 is 27.5 Å². The minimum atomic E-state index is -0.189. The lowest BCUT2D eigenvalue weighted by Crippen LogP contribution is -2.27. The van der Waals surface area contributed by atoms with E-state index in [4.69, 9.17) is 0 Å². The summed E-state index contributed by atoms with van der Waals surface area (Å²) < 4.78 is 0. The van der Waals surface area contributed by atoms with Gasteiger partial charge in [-0.1, -0.05) is 78.3 Å². The van der Waals surface area contributed by atoms with Gasteiger partial charge in [-0.05, 0) is 17.5 Å². The topological polar surface area (TPSA) is 29.1 Å². The smallest absolute Gasteiger partial charge is 0.238 e. The van der Waals surface area contributed by atoms with Gasteiger partial charge in [-0.15, -0.1) is 0 Å². The van der Waals surface area contributed by atoms with Crippen molar-refractivity contribution in [3.05, 3.63) is 54.6 Å². The van der Waals surface area contributed by atoms with Crippen LogP contribution in [0.3, 0.4) is 0 Å². The van der Waals surface area contributed by atoms with Crippen molar-refractivity contribution in [3.63, 3.8) is 0 Å². The van der Waals surface area contributed by atoms with Crippen LogP contribution in [0, 0.1) is 5.92 Å². The van der Waals surface area contributed by atoms with E-state index in [-0.39, 0.29) is 16.7 Å². The van der Waals surface area contributed by atoms with Crippen molar-refractivity contribution in [1.82, 2.24) is 0 Å². The van der Waals surface area contributed by atoms with E-state index in [1.54, 1.807) is 0 Å². The van der Waals surface area contributed by atoms with E-state index in [9.17, 15) is 4.79 Å². The van der Waals surface area contributed by atoms with Crippen molar-refractivity contribution in [3.8, 4) is 11.1 Å². The molecule has 0 saturated carbocycles. The molecule has 3 heteroatoms. The molecule has 0 radical (unpaired) electrons. The van der Waals surface area contributed by atoms with Crippen molar-refractivity contribution in [2.24, 2.45) is 5.92 Å². The van der Waals surface area contributed by atoms with Gasteiger partial charge in [0.15, 0.2) is 0 Å². The number of nitrogens with one attached hydrogen (secondary N) is 1. The first-order valence-corrected chi connectivity index (χ1v) is 7.60. The van der Waals surface area contributed by atoms with Crippen LogP contribution in [-0.4, -0.2) is 10.7 Å². The zero-order valence-electron chi connectivity index (χ0n) is 11.6. The maximum atomic E-state index is 12.2. The average molecular weight is 332 g/mol. The van der Waals surface area contributed by atoms with E-state index in [0.717, 1.165) is 16.8 Å². The lowest BCUT2D eigenvalue weighted by Gasteiger charge is -2.16. The van der Waals surface area contributed by atoms with Crippen LogP contribution in [0.4, 0.5) is 5.69 Å². The Hall–Kier alpha value is -1.61. The van der Waals surface area contributed by atoms with Gasteiger partial charge in [0.2, 0.25) is 5.91 Å². The number of rotatable bonds is 4. The summed E-state index contributed by atoms with van der Waals surface area (Å²) in [6.07, 6.45) is 0. The van der Waals surface area contributed by atoms with Crippen LogP contribution >= 0.6 is 15.9 Å². The number of alkyl halides is 1. The zero-order valence-corrected chi connectivity index (χ0v) is 13.2. The van der Waals surface area contributed by atoms with Gasteiger partial charge >= 0.3 is 0 Å². The fraction of sp³-hybridized carbons (Fsp3) is 0.235. The molecule has 20 heavy (non-hydrogen) atoms. The molecule has 1 amide bonds. The Bertz CT molecular complexity index is 581. The summed E-state index contributed by atoms with van der Waals surface area (Å²) in [7, 11) is 0. The second kappa shape index (κ2) is 6.71. The number of carbonyl (C=O) groups is 1. The molecular weight excluding hydrogens is 314 g/mol. The highest BCUT2D eigenvalue weighted by Crippen LogP contribution is 2.28. The Morgan fingerprint density at radius 3 is 2.25 bits per heavy atom. The highest BCUT2D eigenvalue weighted by Gasteiger charge is 2.19. The number of hydrogen-bond acceptors (Lipinski definition) is 1. The third-order valence-electron chi connectivity index (χ3n) is 3.11. The summed E-state index contributed by atoms with van der Waals surface area (Å²) >= 11 is 3.43. The molecule has 2 aromatic carbocycles. The normalized spacial score (nSPS) is 12.2. The fourth-order valence-corrected chi connectivity index (χ4v) is 2.08. The minimum Gasteiger partial charge on any atom is -0.325 e. The Labute approximate surface area is 128 Å². The Morgan fingerprint density at radius 1 is 1.00 bits per heavy atom. The first-order chi connectivity index (χ1) is 9.59. The molecular formula is C17H18BrNO. The van der Waals surface area contributed by atoms with Gasteiger partial charge < -0.3 is 5.32 Å².